The second-order valence-electron chi connectivity index (χ2n) is 7.97. The third-order valence-electron chi connectivity index (χ3n) is 4.74. The molecule has 0 aromatic heterocycles. The van der Waals surface area contributed by atoms with Crippen molar-refractivity contribution >= 4 is 16.0 Å². The summed E-state index contributed by atoms with van der Waals surface area (Å²) in [6, 6.07) is 20.6. The Hall–Kier alpha value is -3.19. The largest absolute Gasteiger partial charge is 0.379 e. The molecule has 5 nitrogen and oxygen atoms in total. The standard InChI is InChI=1S/C25H26FNO4S/c1-19(2)17-27(25(28)16-20-6-4-3-5-7-20)18-21-8-12-23(13-9-21)31-32(29,30)24-14-10-22(26)11-15-24/h3-15,19H,16-18H2,1-2H3. The van der Waals surface area contributed by atoms with E-state index in [0.29, 0.717) is 25.4 Å². The van der Waals surface area contributed by atoms with E-state index in [2.05, 4.69) is 13.8 Å². The number of rotatable bonds is 9. The monoisotopic (exact) mass is 455 g/mol. The van der Waals surface area contributed by atoms with Crippen molar-refractivity contribution in [2.75, 3.05) is 6.54 Å². The SMILES string of the molecule is CC(C)CN(Cc1ccc(OS(=O)(=O)c2ccc(F)cc2)cc1)C(=O)Cc1ccccc1. The van der Waals surface area contributed by atoms with E-state index in [4.69, 9.17) is 4.18 Å². The summed E-state index contributed by atoms with van der Waals surface area (Å²) in [5.41, 5.74) is 1.82. The molecule has 0 atom stereocenters. The van der Waals surface area contributed by atoms with Crippen molar-refractivity contribution in [2.45, 2.75) is 31.7 Å². The number of benzene rings is 3. The average Bonchev–Trinajstić information content (AvgIpc) is 2.75. The minimum atomic E-state index is -4.06. The molecule has 7 heteroatoms. The molecule has 0 radical (unpaired) electrons. The van der Waals surface area contributed by atoms with Crippen LogP contribution in [0, 0.1) is 11.7 Å². The van der Waals surface area contributed by atoms with Gasteiger partial charge in [0.1, 0.15) is 16.5 Å². The highest BCUT2D eigenvalue weighted by Crippen LogP contribution is 2.20. The minimum absolute atomic E-state index is 0.0316. The zero-order valence-corrected chi connectivity index (χ0v) is 18.9. The molecule has 32 heavy (non-hydrogen) atoms. The maximum atomic E-state index is 13.0. The summed E-state index contributed by atoms with van der Waals surface area (Å²) in [7, 11) is -4.06. The number of carbonyl (C=O) groups excluding carboxylic acids is 1. The molecule has 0 bridgehead atoms. The molecule has 0 aliphatic carbocycles. The normalized spacial score (nSPS) is 11.4. The number of halogens is 1. The highest BCUT2D eigenvalue weighted by atomic mass is 32.2. The zero-order chi connectivity index (χ0) is 23.1. The van der Waals surface area contributed by atoms with E-state index < -0.39 is 15.9 Å². The summed E-state index contributed by atoms with van der Waals surface area (Å²) in [4.78, 5) is 14.6. The van der Waals surface area contributed by atoms with Crippen LogP contribution < -0.4 is 4.18 Å². The van der Waals surface area contributed by atoms with Crippen LogP contribution in [0.2, 0.25) is 0 Å². The molecule has 168 valence electrons. The molecule has 3 aromatic carbocycles. The van der Waals surface area contributed by atoms with E-state index in [-0.39, 0.29) is 16.6 Å². The molecule has 3 aromatic rings. The zero-order valence-electron chi connectivity index (χ0n) is 18.1. The molecule has 1 amide bonds. The van der Waals surface area contributed by atoms with Crippen molar-refractivity contribution in [3.8, 4) is 5.75 Å². The molecule has 0 N–H and O–H groups in total. The summed E-state index contributed by atoms with van der Waals surface area (Å²) in [6.45, 7) is 5.14. The van der Waals surface area contributed by atoms with Crippen LogP contribution in [0.1, 0.15) is 25.0 Å². The molecule has 3 rings (SSSR count). The lowest BCUT2D eigenvalue weighted by Crippen LogP contribution is -2.34. The Morgan fingerprint density at radius 3 is 2.12 bits per heavy atom. The van der Waals surface area contributed by atoms with Crippen LogP contribution in [0.25, 0.3) is 0 Å². The summed E-state index contributed by atoms with van der Waals surface area (Å²) < 4.78 is 42.9. The molecule has 0 aliphatic heterocycles. The molecule has 0 aliphatic rings. The Balaban J connectivity index is 1.69. The highest BCUT2D eigenvalue weighted by molar-refractivity contribution is 7.87. The number of hydrogen-bond donors (Lipinski definition) is 0. The van der Waals surface area contributed by atoms with E-state index in [9.17, 15) is 17.6 Å². The fourth-order valence-electron chi connectivity index (χ4n) is 3.22. The maximum Gasteiger partial charge on any atom is 0.339 e. The molecule has 0 saturated heterocycles. The molecular weight excluding hydrogens is 429 g/mol. The van der Waals surface area contributed by atoms with Gasteiger partial charge in [0.15, 0.2) is 0 Å². The summed E-state index contributed by atoms with van der Waals surface area (Å²) in [5.74, 6) is -0.0486. The van der Waals surface area contributed by atoms with Gasteiger partial charge in [0.25, 0.3) is 0 Å². The third kappa shape index (κ3) is 6.65. The van der Waals surface area contributed by atoms with Crippen molar-refractivity contribution < 1.29 is 21.8 Å². The third-order valence-corrected chi connectivity index (χ3v) is 6.00. The lowest BCUT2D eigenvalue weighted by Gasteiger charge is -2.25. The first-order chi connectivity index (χ1) is 15.2. The summed E-state index contributed by atoms with van der Waals surface area (Å²) in [5, 5.41) is 0. The summed E-state index contributed by atoms with van der Waals surface area (Å²) in [6.07, 6.45) is 0.324. The number of amides is 1. The van der Waals surface area contributed by atoms with Crippen LogP contribution in [-0.4, -0.2) is 25.8 Å². The molecule has 0 heterocycles. The second-order valence-corrected chi connectivity index (χ2v) is 9.51. The van der Waals surface area contributed by atoms with Gasteiger partial charge in [0.05, 0.1) is 6.42 Å². The fourth-order valence-corrected chi connectivity index (χ4v) is 4.15. The predicted molar refractivity (Wildman–Crippen MR) is 121 cm³/mol. The Morgan fingerprint density at radius 2 is 1.53 bits per heavy atom. The average molecular weight is 456 g/mol. The number of nitrogens with zero attached hydrogens (tertiary/aromatic N) is 1. The van der Waals surface area contributed by atoms with E-state index in [0.717, 1.165) is 35.4 Å². The van der Waals surface area contributed by atoms with Gasteiger partial charge in [-0.25, -0.2) is 4.39 Å². The Labute approximate surface area is 188 Å². The van der Waals surface area contributed by atoms with Crippen LogP contribution in [0.3, 0.4) is 0 Å². The van der Waals surface area contributed by atoms with Gasteiger partial charge in [-0.2, -0.15) is 8.42 Å². The fraction of sp³-hybridized carbons (Fsp3) is 0.240. The topological polar surface area (TPSA) is 63.7 Å². The van der Waals surface area contributed by atoms with E-state index >= 15 is 0 Å². The highest BCUT2D eigenvalue weighted by Gasteiger charge is 2.18. The Kier molecular flexibility index (Phi) is 7.64. The van der Waals surface area contributed by atoms with Gasteiger partial charge >= 0.3 is 10.1 Å². The van der Waals surface area contributed by atoms with Crippen molar-refractivity contribution in [1.82, 2.24) is 4.90 Å². The van der Waals surface area contributed by atoms with E-state index in [1.165, 1.54) is 0 Å². The number of carbonyl (C=O) groups is 1. The Bertz CT molecular complexity index is 1130. The molecule has 0 unspecified atom stereocenters. The van der Waals surface area contributed by atoms with Crippen molar-refractivity contribution in [3.05, 3.63) is 95.8 Å². The molecular formula is C25H26FNO4S. The van der Waals surface area contributed by atoms with Crippen molar-refractivity contribution in [1.29, 1.82) is 0 Å². The van der Waals surface area contributed by atoms with Gasteiger partial charge < -0.3 is 9.08 Å². The van der Waals surface area contributed by atoms with Crippen LogP contribution in [-0.2, 0) is 27.9 Å². The van der Waals surface area contributed by atoms with Crippen molar-refractivity contribution in [3.63, 3.8) is 0 Å². The van der Waals surface area contributed by atoms with Crippen LogP contribution in [0.15, 0.2) is 83.8 Å². The van der Waals surface area contributed by atoms with Gasteiger partial charge in [-0.05, 0) is 53.4 Å². The molecule has 0 fully saturated rings. The van der Waals surface area contributed by atoms with Crippen LogP contribution in [0.5, 0.6) is 5.75 Å². The van der Waals surface area contributed by atoms with Gasteiger partial charge in [0.2, 0.25) is 5.91 Å². The predicted octanol–water partition coefficient (Wildman–Crippen LogP) is 4.82. The first-order valence-corrected chi connectivity index (χ1v) is 11.7. The van der Waals surface area contributed by atoms with Crippen LogP contribution >= 0.6 is 0 Å². The van der Waals surface area contributed by atoms with Gasteiger partial charge in [0, 0.05) is 13.1 Å². The van der Waals surface area contributed by atoms with Gasteiger partial charge in [-0.1, -0.05) is 56.3 Å². The first-order valence-electron chi connectivity index (χ1n) is 10.3. The lowest BCUT2D eigenvalue weighted by molar-refractivity contribution is -0.131. The smallest absolute Gasteiger partial charge is 0.339 e. The molecule has 0 spiro atoms. The number of hydrogen-bond acceptors (Lipinski definition) is 4. The quantitative estimate of drug-likeness (QED) is 0.434. The van der Waals surface area contributed by atoms with Gasteiger partial charge in [-0.15, -0.1) is 0 Å². The van der Waals surface area contributed by atoms with Crippen molar-refractivity contribution in [2.24, 2.45) is 5.92 Å². The minimum Gasteiger partial charge on any atom is -0.379 e. The van der Waals surface area contributed by atoms with E-state index in [1.54, 1.807) is 24.3 Å². The Morgan fingerprint density at radius 1 is 0.906 bits per heavy atom. The van der Waals surface area contributed by atoms with E-state index in [1.807, 2.05) is 35.2 Å². The lowest BCUT2D eigenvalue weighted by atomic mass is 10.1. The maximum absolute atomic E-state index is 13.0. The first kappa shape index (κ1) is 23.5. The van der Waals surface area contributed by atoms with Gasteiger partial charge in [-0.3, -0.25) is 4.79 Å². The van der Waals surface area contributed by atoms with Crippen LogP contribution in [0.4, 0.5) is 4.39 Å². The summed E-state index contributed by atoms with van der Waals surface area (Å²) >= 11 is 0. The molecule has 0 saturated carbocycles. The second kappa shape index (κ2) is 10.4.